The van der Waals surface area contributed by atoms with Gasteiger partial charge < -0.3 is 19.8 Å². The predicted molar refractivity (Wildman–Crippen MR) is 135 cm³/mol. The molecule has 0 saturated carbocycles. The number of sulfonamides is 1. The summed E-state index contributed by atoms with van der Waals surface area (Å²) in [7, 11) is -1.36. The third-order valence-electron chi connectivity index (χ3n) is 5.43. The number of ether oxygens (including phenoxy) is 1. The van der Waals surface area contributed by atoms with E-state index in [2.05, 4.69) is 15.6 Å². The lowest BCUT2D eigenvalue weighted by molar-refractivity contribution is 0.274. The summed E-state index contributed by atoms with van der Waals surface area (Å²) in [4.78, 5) is 4.31. The van der Waals surface area contributed by atoms with Gasteiger partial charge in [-0.05, 0) is 44.7 Å². The van der Waals surface area contributed by atoms with Crippen LogP contribution in [0.5, 0.6) is 5.75 Å². The molecule has 0 aliphatic carbocycles. The van der Waals surface area contributed by atoms with Crippen molar-refractivity contribution in [1.82, 2.24) is 14.9 Å². The molecule has 1 aromatic heterocycles. The molecule has 0 bridgehead atoms. The zero-order chi connectivity index (χ0) is 21.7. The number of rotatable bonds is 7. The fraction of sp³-hybridized carbons (Fsp3) is 0.571. The number of nitrogens with zero attached hydrogens (tertiary/aromatic N) is 2. The third kappa shape index (κ3) is 6.72. The van der Waals surface area contributed by atoms with Crippen molar-refractivity contribution in [2.75, 3.05) is 39.5 Å². The van der Waals surface area contributed by atoms with Crippen molar-refractivity contribution in [3.63, 3.8) is 0 Å². The first kappa shape index (κ1) is 25.7. The van der Waals surface area contributed by atoms with E-state index < -0.39 is 10.0 Å². The van der Waals surface area contributed by atoms with E-state index in [4.69, 9.17) is 9.15 Å². The summed E-state index contributed by atoms with van der Waals surface area (Å²) in [5.41, 5.74) is 0.753. The fourth-order valence-electron chi connectivity index (χ4n) is 3.70. The average molecular weight is 564 g/mol. The van der Waals surface area contributed by atoms with E-state index in [0.717, 1.165) is 41.9 Å². The smallest absolute Gasteiger partial charge is 0.211 e. The molecular formula is C21H33IN4O4S. The van der Waals surface area contributed by atoms with Gasteiger partial charge in [-0.1, -0.05) is 12.1 Å². The largest absolute Gasteiger partial charge is 0.490 e. The lowest BCUT2D eigenvalue weighted by Crippen LogP contribution is -2.44. The van der Waals surface area contributed by atoms with E-state index in [0.29, 0.717) is 31.6 Å². The molecule has 0 spiro atoms. The molecule has 174 valence electrons. The number of guanidine groups is 1. The van der Waals surface area contributed by atoms with Crippen LogP contribution in [0, 0.1) is 5.92 Å². The van der Waals surface area contributed by atoms with Crippen LogP contribution in [0.3, 0.4) is 0 Å². The number of piperidine rings is 1. The highest BCUT2D eigenvalue weighted by Crippen LogP contribution is 2.31. The maximum atomic E-state index is 11.6. The lowest BCUT2D eigenvalue weighted by atomic mass is 9.98. The maximum absolute atomic E-state index is 11.6. The number of hydrogen-bond acceptors (Lipinski definition) is 5. The van der Waals surface area contributed by atoms with Crippen molar-refractivity contribution in [3.05, 3.63) is 30.0 Å². The lowest BCUT2D eigenvalue weighted by Gasteiger charge is -2.30. The van der Waals surface area contributed by atoms with E-state index in [9.17, 15) is 8.42 Å². The number of furan rings is 1. The van der Waals surface area contributed by atoms with Gasteiger partial charge in [-0.15, -0.1) is 24.0 Å². The Hall–Kier alpha value is -1.53. The van der Waals surface area contributed by atoms with Crippen molar-refractivity contribution in [3.8, 4) is 5.75 Å². The molecule has 0 radical (unpaired) electrons. The Labute approximate surface area is 201 Å². The van der Waals surface area contributed by atoms with Crippen LogP contribution in [0.25, 0.3) is 11.0 Å². The van der Waals surface area contributed by atoms with Crippen molar-refractivity contribution < 1.29 is 17.6 Å². The molecule has 8 nitrogen and oxygen atoms in total. The first-order chi connectivity index (χ1) is 14.3. The van der Waals surface area contributed by atoms with Gasteiger partial charge >= 0.3 is 0 Å². The Balaban J connectivity index is 0.00000341. The van der Waals surface area contributed by atoms with E-state index in [1.54, 1.807) is 11.4 Å². The fourth-order valence-corrected chi connectivity index (χ4v) is 4.57. The zero-order valence-electron chi connectivity index (χ0n) is 18.6. The maximum Gasteiger partial charge on any atom is 0.211 e. The highest BCUT2D eigenvalue weighted by atomic mass is 127. The molecule has 1 unspecified atom stereocenters. The molecule has 3 rings (SSSR count). The van der Waals surface area contributed by atoms with Crippen molar-refractivity contribution in [2.24, 2.45) is 10.9 Å². The summed E-state index contributed by atoms with van der Waals surface area (Å²) < 4.78 is 36.6. The summed E-state index contributed by atoms with van der Waals surface area (Å²) in [6, 6.07) is 7.81. The summed E-state index contributed by atoms with van der Waals surface area (Å²) in [5, 5.41) is 7.73. The quantitative estimate of drug-likeness (QED) is 0.304. The van der Waals surface area contributed by atoms with Gasteiger partial charge in [0.15, 0.2) is 17.3 Å². The van der Waals surface area contributed by atoms with Gasteiger partial charge in [0.25, 0.3) is 0 Å². The van der Waals surface area contributed by atoms with E-state index in [1.807, 2.05) is 38.1 Å². The van der Waals surface area contributed by atoms with Crippen LogP contribution < -0.4 is 15.4 Å². The van der Waals surface area contributed by atoms with Crippen molar-refractivity contribution in [1.29, 1.82) is 0 Å². The van der Waals surface area contributed by atoms with E-state index >= 15 is 0 Å². The molecule has 0 amide bonds. The Bertz CT molecular complexity index is 984. The molecule has 31 heavy (non-hydrogen) atoms. The summed E-state index contributed by atoms with van der Waals surface area (Å²) in [5.74, 6) is 2.66. The van der Waals surface area contributed by atoms with Gasteiger partial charge in [0, 0.05) is 32.1 Å². The summed E-state index contributed by atoms with van der Waals surface area (Å²) >= 11 is 0. The molecule has 1 aliphatic rings. The molecule has 1 saturated heterocycles. The number of aliphatic imine (C=N–C) groups is 1. The molecule has 2 aromatic rings. The Morgan fingerprint density at radius 1 is 1.35 bits per heavy atom. The summed E-state index contributed by atoms with van der Waals surface area (Å²) in [6.07, 6.45) is 2.96. The molecule has 1 aromatic carbocycles. The highest BCUT2D eigenvalue weighted by Gasteiger charge is 2.25. The Morgan fingerprint density at radius 2 is 2.06 bits per heavy atom. The number of benzene rings is 1. The van der Waals surface area contributed by atoms with Crippen molar-refractivity contribution in [2.45, 2.75) is 32.7 Å². The molecule has 2 N–H and O–H groups in total. The van der Waals surface area contributed by atoms with Crippen molar-refractivity contribution >= 4 is 50.9 Å². The Kier molecular flexibility index (Phi) is 9.44. The van der Waals surface area contributed by atoms with Crippen LogP contribution in [-0.4, -0.2) is 58.2 Å². The van der Waals surface area contributed by atoms with Crippen LogP contribution >= 0.6 is 24.0 Å². The first-order valence-electron chi connectivity index (χ1n) is 10.4. The second-order valence-electron chi connectivity index (χ2n) is 7.68. The molecule has 1 fully saturated rings. The number of hydrogen-bond donors (Lipinski definition) is 2. The standard InChI is InChI=1S/C21H32N4O4S.HI/c1-5-28-18-8-6-7-17-13-19(29-20(17)18)15(2)24-21(22-3)23-14-16-9-11-25(12-10-16)30(4,26)27;/h6-8,13,15-16H,5,9-12,14H2,1-4H3,(H2,22,23,24);1H. The predicted octanol–water partition coefficient (Wildman–Crippen LogP) is 3.35. The highest BCUT2D eigenvalue weighted by molar-refractivity contribution is 14.0. The van der Waals surface area contributed by atoms with Gasteiger partial charge in [0.1, 0.15) is 5.76 Å². The van der Waals surface area contributed by atoms with Crippen LogP contribution in [0.1, 0.15) is 38.5 Å². The second kappa shape index (κ2) is 11.4. The van der Waals surface area contributed by atoms with Crippen LogP contribution in [0.4, 0.5) is 0 Å². The van der Waals surface area contributed by atoms with Gasteiger partial charge in [-0.25, -0.2) is 12.7 Å². The van der Waals surface area contributed by atoms with Gasteiger partial charge in [0.2, 0.25) is 10.0 Å². The number of nitrogens with one attached hydrogen (secondary N) is 2. The minimum absolute atomic E-state index is 0. The van der Waals surface area contributed by atoms with E-state index in [1.165, 1.54) is 6.26 Å². The number of halogens is 1. The summed E-state index contributed by atoms with van der Waals surface area (Å²) in [6.45, 7) is 6.47. The van der Waals surface area contributed by atoms with Gasteiger partial charge in [0.05, 0.1) is 18.9 Å². The Morgan fingerprint density at radius 3 is 2.68 bits per heavy atom. The molecule has 2 heterocycles. The first-order valence-corrected chi connectivity index (χ1v) is 12.2. The minimum atomic E-state index is -3.09. The molecule has 10 heteroatoms. The van der Waals surface area contributed by atoms with E-state index in [-0.39, 0.29) is 30.0 Å². The van der Waals surface area contributed by atoms with Crippen LogP contribution in [0.15, 0.2) is 33.7 Å². The van der Waals surface area contributed by atoms with Crippen LogP contribution in [0.2, 0.25) is 0 Å². The number of para-hydroxylation sites is 1. The average Bonchev–Trinajstić information content (AvgIpc) is 3.16. The monoisotopic (exact) mass is 564 g/mol. The normalized spacial score (nSPS) is 17.2. The number of fused-ring (bicyclic) bond motifs is 1. The van der Waals surface area contributed by atoms with Gasteiger partial charge in [-0.3, -0.25) is 4.99 Å². The zero-order valence-corrected chi connectivity index (χ0v) is 21.7. The SMILES string of the molecule is CCOc1cccc2cc(C(C)NC(=NC)NCC3CCN(S(C)(=O)=O)CC3)oc12.I. The third-order valence-corrected chi connectivity index (χ3v) is 6.73. The molecule has 1 aliphatic heterocycles. The topological polar surface area (TPSA) is 96.2 Å². The minimum Gasteiger partial charge on any atom is -0.490 e. The molecular weight excluding hydrogens is 531 g/mol. The van der Waals surface area contributed by atoms with Crippen LogP contribution in [-0.2, 0) is 10.0 Å². The van der Waals surface area contributed by atoms with Gasteiger partial charge in [-0.2, -0.15) is 0 Å². The molecule has 1 atom stereocenters. The second-order valence-corrected chi connectivity index (χ2v) is 9.66.